The minimum Gasteiger partial charge on any atom is -0.396 e. The summed E-state index contributed by atoms with van der Waals surface area (Å²) in [6.45, 7) is 5.16. The van der Waals surface area contributed by atoms with E-state index in [-0.39, 0.29) is 18.6 Å². The van der Waals surface area contributed by atoms with Crippen molar-refractivity contribution in [2.45, 2.75) is 13.3 Å². The lowest BCUT2D eigenvalue weighted by Crippen LogP contribution is -2.60. The van der Waals surface area contributed by atoms with E-state index in [1.807, 2.05) is 0 Å². The summed E-state index contributed by atoms with van der Waals surface area (Å²) < 4.78 is 0. The largest absolute Gasteiger partial charge is 0.396 e. The van der Waals surface area contributed by atoms with Gasteiger partial charge in [0.15, 0.2) is 0 Å². The Morgan fingerprint density at radius 1 is 1.27 bits per heavy atom. The van der Waals surface area contributed by atoms with Crippen LogP contribution < -0.4 is 0 Å². The zero-order valence-corrected chi connectivity index (χ0v) is 7.08. The van der Waals surface area contributed by atoms with Crippen LogP contribution in [0.2, 0.25) is 0 Å². The van der Waals surface area contributed by atoms with Crippen LogP contribution in [-0.2, 0) is 0 Å². The van der Waals surface area contributed by atoms with Crippen LogP contribution in [0, 0.1) is 5.41 Å². The van der Waals surface area contributed by atoms with Gasteiger partial charge >= 0.3 is 0 Å². The quantitative estimate of drug-likeness (QED) is 0.591. The number of aliphatic hydroxyl groups is 2. The Morgan fingerprint density at radius 2 is 1.82 bits per heavy atom. The Bertz CT molecular complexity index is 115. The van der Waals surface area contributed by atoms with E-state index < -0.39 is 0 Å². The van der Waals surface area contributed by atoms with Crippen LogP contribution >= 0.6 is 0 Å². The van der Waals surface area contributed by atoms with Gasteiger partial charge in [-0.2, -0.15) is 0 Å². The maximum absolute atomic E-state index is 8.94. The van der Waals surface area contributed by atoms with Crippen molar-refractivity contribution >= 4 is 0 Å². The third-order valence-corrected chi connectivity index (χ3v) is 2.33. The second kappa shape index (κ2) is 3.52. The monoisotopic (exact) mass is 159 g/mol. The normalized spacial score (nSPS) is 23.2. The predicted octanol–water partition coefficient (Wildman–Crippen LogP) is -0.317. The fraction of sp³-hybridized carbons (Fsp3) is 1.00. The van der Waals surface area contributed by atoms with E-state index in [4.69, 9.17) is 10.2 Å². The van der Waals surface area contributed by atoms with Gasteiger partial charge in [-0.05, 0) is 13.0 Å². The summed E-state index contributed by atoms with van der Waals surface area (Å²) in [6, 6.07) is 0. The summed E-state index contributed by atoms with van der Waals surface area (Å²) in [6.07, 6.45) is 1.15. The van der Waals surface area contributed by atoms with E-state index in [9.17, 15) is 0 Å². The second-order valence-corrected chi connectivity index (χ2v) is 3.53. The molecular weight excluding hydrogens is 142 g/mol. The molecule has 2 N–H and O–H groups in total. The highest BCUT2D eigenvalue weighted by atomic mass is 16.3. The molecule has 3 heteroatoms. The zero-order valence-electron chi connectivity index (χ0n) is 7.08. The van der Waals surface area contributed by atoms with E-state index in [0.29, 0.717) is 0 Å². The minimum atomic E-state index is -0.185. The summed E-state index contributed by atoms with van der Waals surface area (Å²) in [5, 5.41) is 17.9. The summed E-state index contributed by atoms with van der Waals surface area (Å²) in [5.41, 5.74) is -0.185. The Kier molecular flexibility index (Phi) is 2.87. The molecule has 11 heavy (non-hydrogen) atoms. The molecule has 0 atom stereocenters. The molecule has 3 nitrogen and oxygen atoms in total. The highest BCUT2D eigenvalue weighted by Crippen LogP contribution is 2.28. The highest BCUT2D eigenvalue weighted by Gasteiger charge is 2.41. The number of hydrogen-bond acceptors (Lipinski definition) is 3. The molecule has 1 aliphatic rings. The molecule has 1 rings (SSSR count). The Morgan fingerprint density at radius 3 is 2.18 bits per heavy atom. The summed E-state index contributed by atoms with van der Waals surface area (Å²) in [4.78, 5) is 2.26. The molecule has 66 valence electrons. The Balaban J connectivity index is 2.24. The lowest BCUT2D eigenvalue weighted by atomic mass is 9.81. The molecule has 0 unspecified atom stereocenters. The van der Waals surface area contributed by atoms with Crippen molar-refractivity contribution in [3.05, 3.63) is 0 Å². The number of aliphatic hydroxyl groups excluding tert-OH is 2. The first-order valence-electron chi connectivity index (χ1n) is 4.20. The average Bonchev–Trinajstić information content (AvgIpc) is 1.96. The fourth-order valence-corrected chi connectivity index (χ4v) is 1.63. The molecule has 1 saturated heterocycles. The van der Waals surface area contributed by atoms with Crippen molar-refractivity contribution < 1.29 is 10.2 Å². The van der Waals surface area contributed by atoms with Crippen molar-refractivity contribution in [1.29, 1.82) is 0 Å². The standard InChI is InChI=1S/C8H17NO2/c1-2-3-9-4-8(5-9,6-10)7-11/h10-11H,2-7H2,1H3. The van der Waals surface area contributed by atoms with Crippen molar-refractivity contribution in [1.82, 2.24) is 4.90 Å². The molecular formula is C8H17NO2. The van der Waals surface area contributed by atoms with E-state index >= 15 is 0 Å². The van der Waals surface area contributed by atoms with E-state index in [2.05, 4.69) is 11.8 Å². The van der Waals surface area contributed by atoms with Gasteiger partial charge in [-0.25, -0.2) is 0 Å². The number of hydrogen-bond donors (Lipinski definition) is 2. The molecule has 0 amide bonds. The van der Waals surface area contributed by atoms with E-state index in [0.717, 1.165) is 26.1 Å². The van der Waals surface area contributed by atoms with Gasteiger partial charge in [-0.15, -0.1) is 0 Å². The van der Waals surface area contributed by atoms with Crippen LogP contribution in [0.15, 0.2) is 0 Å². The molecule has 0 radical (unpaired) electrons. The van der Waals surface area contributed by atoms with Crippen molar-refractivity contribution in [3.63, 3.8) is 0 Å². The van der Waals surface area contributed by atoms with Crippen LogP contribution in [0.5, 0.6) is 0 Å². The highest BCUT2D eigenvalue weighted by molar-refractivity contribution is 4.93. The SMILES string of the molecule is CCCN1CC(CO)(CO)C1. The maximum atomic E-state index is 8.94. The lowest BCUT2D eigenvalue weighted by molar-refractivity contribution is -0.0742. The average molecular weight is 159 g/mol. The molecule has 1 fully saturated rings. The van der Waals surface area contributed by atoms with Gasteiger partial charge in [0.05, 0.1) is 13.2 Å². The van der Waals surface area contributed by atoms with E-state index in [1.165, 1.54) is 0 Å². The summed E-state index contributed by atoms with van der Waals surface area (Å²) in [5.74, 6) is 0. The molecule has 1 aliphatic heterocycles. The first-order valence-corrected chi connectivity index (χ1v) is 4.20. The van der Waals surface area contributed by atoms with Gasteiger partial charge in [0.1, 0.15) is 0 Å². The fourth-order valence-electron chi connectivity index (χ4n) is 1.63. The van der Waals surface area contributed by atoms with Gasteiger partial charge in [0, 0.05) is 18.5 Å². The van der Waals surface area contributed by atoms with Crippen molar-refractivity contribution in [2.75, 3.05) is 32.8 Å². The molecule has 0 aromatic heterocycles. The third kappa shape index (κ3) is 1.72. The Labute approximate surface area is 67.6 Å². The molecule has 0 aliphatic carbocycles. The van der Waals surface area contributed by atoms with Gasteiger partial charge < -0.3 is 15.1 Å². The molecule has 0 aromatic carbocycles. The van der Waals surface area contributed by atoms with Crippen molar-refractivity contribution in [3.8, 4) is 0 Å². The third-order valence-electron chi connectivity index (χ3n) is 2.33. The van der Waals surface area contributed by atoms with Crippen LogP contribution in [0.4, 0.5) is 0 Å². The summed E-state index contributed by atoms with van der Waals surface area (Å²) >= 11 is 0. The van der Waals surface area contributed by atoms with Crippen LogP contribution in [-0.4, -0.2) is 48.0 Å². The van der Waals surface area contributed by atoms with Crippen LogP contribution in [0.1, 0.15) is 13.3 Å². The molecule has 0 spiro atoms. The number of likely N-dealkylation sites (tertiary alicyclic amines) is 1. The predicted molar refractivity (Wildman–Crippen MR) is 43.3 cm³/mol. The zero-order chi connectivity index (χ0) is 8.32. The van der Waals surface area contributed by atoms with E-state index in [1.54, 1.807) is 0 Å². The van der Waals surface area contributed by atoms with Crippen molar-refractivity contribution in [2.24, 2.45) is 5.41 Å². The van der Waals surface area contributed by atoms with Gasteiger partial charge in [-0.1, -0.05) is 6.92 Å². The lowest BCUT2D eigenvalue weighted by Gasteiger charge is -2.48. The van der Waals surface area contributed by atoms with Crippen LogP contribution in [0.3, 0.4) is 0 Å². The first kappa shape index (κ1) is 8.97. The Hall–Kier alpha value is -0.120. The minimum absolute atomic E-state index is 0.115. The molecule has 0 saturated carbocycles. The van der Waals surface area contributed by atoms with Gasteiger partial charge in [-0.3, -0.25) is 0 Å². The maximum Gasteiger partial charge on any atom is 0.0534 e. The topological polar surface area (TPSA) is 43.7 Å². The summed E-state index contributed by atoms with van der Waals surface area (Å²) in [7, 11) is 0. The van der Waals surface area contributed by atoms with Crippen LogP contribution in [0.25, 0.3) is 0 Å². The molecule has 0 aromatic rings. The number of nitrogens with zero attached hydrogens (tertiary/aromatic N) is 1. The molecule has 0 bridgehead atoms. The smallest absolute Gasteiger partial charge is 0.0534 e. The first-order chi connectivity index (χ1) is 5.26. The van der Waals surface area contributed by atoms with Gasteiger partial charge in [0.25, 0.3) is 0 Å². The van der Waals surface area contributed by atoms with Gasteiger partial charge in [0.2, 0.25) is 0 Å². The number of rotatable bonds is 4. The second-order valence-electron chi connectivity index (χ2n) is 3.53. The molecule has 1 heterocycles.